The Kier molecular flexibility index (Phi) is 7.83. The molecule has 0 saturated heterocycles. The number of hydrogen-bond acceptors (Lipinski definition) is 3. The van der Waals surface area contributed by atoms with Crippen LogP contribution in [0.3, 0.4) is 0 Å². The van der Waals surface area contributed by atoms with Gasteiger partial charge in [-0.15, -0.1) is 0 Å². The largest absolute Gasteiger partial charge is 0.446 e. The zero-order chi connectivity index (χ0) is 17.3. The van der Waals surface area contributed by atoms with E-state index >= 15 is 0 Å². The topological polar surface area (TPSA) is 50.4 Å². The van der Waals surface area contributed by atoms with Gasteiger partial charge in [0.05, 0.1) is 0 Å². The number of carbonyl (C=O) groups excluding carboxylic acids is 1. The number of carbonyl (C=O) groups is 1. The lowest BCUT2D eigenvalue weighted by atomic mass is 9.75. The standard InChI is InChI=1S/C20H34N2O2/c1-20-13-6-5-9-17(20)10-11-18(12-14-20)24-19(23)22-16-8-4-3-7-15-21-2/h6,9,13,18,21H,3-5,7-8,10-12,14-16H2,1-2H3,(H,22,23). The van der Waals surface area contributed by atoms with E-state index in [2.05, 4.69) is 35.8 Å². The zero-order valence-electron chi connectivity index (χ0n) is 15.4. The molecule has 4 heteroatoms. The zero-order valence-corrected chi connectivity index (χ0v) is 15.4. The van der Waals surface area contributed by atoms with Crippen LogP contribution in [0.25, 0.3) is 0 Å². The molecule has 0 aromatic carbocycles. The Morgan fingerprint density at radius 1 is 1.25 bits per heavy atom. The van der Waals surface area contributed by atoms with Crippen molar-refractivity contribution in [2.24, 2.45) is 5.41 Å². The molecule has 1 saturated carbocycles. The number of hydrogen-bond donors (Lipinski definition) is 2. The summed E-state index contributed by atoms with van der Waals surface area (Å²) in [4.78, 5) is 12.0. The van der Waals surface area contributed by atoms with E-state index in [1.165, 1.54) is 18.4 Å². The molecule has 136 valence electrons. The number of nitrogens with one attached hydrogen (secondary N) is 2. The highest BCUT2D eigenvalue weighted by molar-refractivity contribution is 5.67. The Morgan fingerprint density at radius 3 is 2.83 bits per heavy atom. The summed E-state index contributed by atoms with van der Waals surface area (Å²) in [5.41, 5.74) is 1.71. The second-order valence-electron chi connectivity index (χ2n) is 7.33. The van der Waals surface area contributed by atoms with Crippen LogP contribution in [0.5, 0.6) is 0 Å². The summed E-state index contributed by atoms with van der Waals surface area (Å²) < 4.78 is 5.66. The number of rotatable bonds is 8. The van der Waals surface area contributed by atoms with Gasteiger partial charge in [-0.25, -0.2) is 4.79 Å². The van der Waals surface area contributed by atoms with E-state index in [9.17, 15) is 4.79 Å². The molecular formula is C20H34N2O2. The summed E-state index contributed by atoms with van der Waals surface area (Å²) in [6.45, 7) is 4.10. The number of amides is 1. The van der Waals surface area contributed by atoms with Gasteiger partial charge in [-0.3, -0.25) is 0 Å². The molecule has 0 spiro atoms. The highest BCUT2D eigenvalue weighted by Gasteiger charge is 2.32. The van der Waals surface area contributed by atoms with Crippen molar-refractivity contribution in [3.05, 3.63) is 23.8 Å². The second-order valence-corrected chi connectivity index (χ2v) is 7.33. The van der Waals surface area contributed by atoms with Crippen molar-refractivity contribution in [3.8, 4) is 0 Å². The molecule has 2 N–H and O–H groups in total. The number of alkyl carbamates (subject to hydrolysis) is 1. The van der Waals surface area contributed by atoms with E-state index in [1.807, 2.05) is 7.05 Å². The SMILES string of the molecule is CNCCCCCCNC(=O)OC1CCC2=CCC=CC2(C)CC1. The molecule has 4 nitrogen and oxygen atoms in total. The average Bonchev–Trinajstić information content (AvgIpc) is 2.73. The second kappa shape index (κ2) is 9.87. The quantitative estimate of drug-likeness (QED) is 0.513. The summed E-state index contributed by atoms with van der Waals surface area (Å²) >= 11 is 0. The van der Waals surface area contributed by atoms with Crippen molar-refractivity contribution in [1.82, 2.24) is 10.6 Å². The van der Waals surface area contributed by atoms with Gasteiger partial charge in [0.25, 0.3) is 0 Å². The van der Waals surface area contributed by atoms with Gasteiger partial charge in [0, 0.05) is 12.0 Å². The maximum Gasteiger partial charge on any atom is 0.407 e. The summed E-state index contributed by atoms with van der Waals surface area (Å²) in [6, 6.07) is 0. The minimum atomic E-state index is -0.241. The molecule has 0 aromatic heterocycles. The smallest absolute Gasteiger partial charge is 0.407 e. The van der Waals surface area contributed by atoms with Crippen molar-refractivity contribution < 1.29 is 9.53 Å². The van der Waals surface area contributed by atoms with Crippen LogP contribution in [0.15, 0.2) is 23.8 Å². The van der Waals surface area contributed by atoms with Crippen LogP contribution in [0.4, 0.5) is 4.79 Å². The van der Waals surface area contributed by atoms with E-state index in [-0.39, 0.29) is 17.6 Å². The van der Waals surface area contributed by atoms with Gasteiger partial charge in [-0.1, -0.05) is 43.6 Å². The van der Waals surface area contributed by atoms with Crippen LogP contribution >= 0.6 is 0 Å². The maximum absolute atomic E-state index is 12.0. The fourth-order valence-corrected chi connectivity index (χ4v) is 3.71. The van der Waals surface area contributed by atoms with Crippen molar-refractivity contribution in [2.75, 3.05) is 20.1 Å². The summed E-state index contributed by atoms with van der Waals surface area (Å²) in [7, 11) is 1.98. The number of ether oxygens (including phenoxy) is 1. The van der Waals surface area contributed by atoms with Crippen LogP contribution in [-0.4, -0.2) is 32.3 Å². The summed E-state index contributed by atoms with van der Waals surface area (Å²) in [5.74, 6) is 0. The fourth-order valence-electron chi connectivity index (χ4n) is 3.71. The predicted molar refractivity (Wildman–Crippen MR) is 99.1 cm³/mol. The Labute approximate surface area is 147 Å². The lowest BCUT2D eigenvalue weighted by Gasteiger charge is -2.30. The van der Waals surface area contributed by atoms with E-state index in [4.69, 9.17) is 4.74 Å². The van der Waals surface area contributed by atoms with Gasteiger partial charge in [0.2, 0.25) is 0 Å². The summed E-state index contributed by atoms with van der Waals surface area (Å²) in [6.07, 6.45) is 16.4. The Morgan fingerprint density at radius 2 is 2.04 bits per heavy atom. The number of unbranched alkanes of at least 4 members (excludes halogenated alkanes) is 3. The van der Waals surface area contributed by atoms with Gasteiger partial charge in [0.15, 0.2) is 0 Å². The fraction of sp³-hybridized carbons (Fsp3) is 0.750. The van der Waals surface area contributed by atoms with Crippen LogP contribution in [0.2, 0.25) is 0 Å². The normalized spacial score (nSPS) is 26.2. The monoisotopic (exact) mass is 334 g/mol. The predicted octanol–water partition coefficient (Wildman–Crippen LogP) is 4.33. The third kappa shape index (κ3) is 5.97. The van der Waals surface area contributed by atoms with Crippen molar-refractivity contribution in [3.63, 3.8) is 0 Å². The van der Waals surface area contributed by atoms with Crippen molar-refractivity contribution >= 4 is 6.09 Å². The maximum atomic E-state index is 12.0. The molecule has 1 fully saturated rings. The molecule has 0 radical (unpaired) electrons. The van der Waals surface area contributed by atoms with Crippen LogP contribution in [0, 0.1) is 5.41 Å². The van der Waals surface area contributed by atoms with Crippen molar-refractivity contribution in [2.45, 2.75) is 70.8 Å². The van der Waals surface area contributed by atoms with Crippen LogP contribution in [-0.2, 0) is 4.74 Å². The van der Waals surface area contributed by atoms with Gasteiger partial charge in [-0.2, -0.15) is 0 Å². The van der Waals surface area contributed by atoms with Gasteiger partial charge in [0.1, 0.15) is 6.10 Å². The first-order valence-corrected chi connectivity index (χ1v) is 9.60. The molecule has 0 aromatic rings. The van der Waals surface area contributed by atoms with E-state index in [0.29, 0.717) is 0 Å². The van der Waals surface area contributed by atoms with E-state index in [0.717, 1.165) is 58.0 Å². The third-order valence-corrected chi connectivity index (χ3v) is 5.34. The lowest BCUT2D eigenvalue weighted by Crippen LogP contribution is -2.29. The molecule has 2 aliphatic rings. The van der Waals surface area contributed by atoms with Crippen molar-refractivity contribution in [1.29, 1.82) is 0 Å². The molecule has 2 rings (SSSR count). The van der Waals surface area contributed by atoms with Gasteiger partial charge >= 0.3 is 6.09 Å². The Balaban J connectivity index is 1.63. The first-order chi connectivity index (χ1) is 11.6. The first-order valence-electron chi connectivity index (χ1n) is 9.60. The molecule has 0 aliphatic heterocycles. The molecular weight excluding hydrogens is 300 g/mol. The molecule has 2 atom stereocenters. The highest BCUT2D eigenvalue weighted by Crippen LogP contribution is 2.43. The molecule has 0 bridgehead atoms. The number of fused-ring (bicyclic) bond motifs is 1. The molecule has 24 heavy (non-hydrogen) atoms. The van der Waals surface area contributed by atoms with Gasteiger partial charge < -0.3 is 15.4 Å². The van der Waals surface area contributed by atoms with Crippen LogP contribution in [0.1, 0.15) is 64.7 Å². The molecule has 2 aliphatic carbocycles. The Bertz CT molecular complexity index is 459. The molecule has 1 amide bonds. The minimum Gasteiger partial charge on any atom is -0.446 e. The highest BCUT2D eigenvalue weighted by atomic mass is 16.6. The number of allylic oxidation sites excluding steroid dienone is 4. The Hall–Kier alpha value is -1.29. The molecule has 2 unspecified atom stereocenters. The average molecular weight is 335 g/mol. The van der Waals surface area contributed by atoms with Crippen LogP contribution < -0.4 is 10.6 Å². The molecule has 0 heterocycles. The summed E-state index contributed by atoms with van der Waals surface area (Å²) in [5, 5.41) is 6.06. The minimum absolute atomic E-state index is 0.0531. The third-order valence-electron chi connectivity index (χ3n) is 5.34. The lowest BCUT2D eigenvalue weighted by molar-refractivity contribution is 0.0874. The van der Waals surface area contributed by atoms with E-state index < -0.39 is 0 Å². The van der Waals surface area contributed by atoms with E-state index in [1.54, 1.807) is 0 Å². The first kappa shape index (κ1) is 19.0. The van der Waals surface area contributed by atoms with Gasteiger partial charge in [-0.05, 0) is 58.5 Å².